The quantitative estimate of drug-likeness (QED) is 0.588. The summed E-state index contributed by atoms with van der Waals surface area (Å²) in [4.78, 5) is 23.6. The van der Waals surface area contributed by atoms with Gasteiger partial charge in [-0.15, -0.1) is 6.42 Å². The first-order valence-electron chi connectivity index (χ1n) is 6.41. The van der Waals surface area contributed by atoms with Gasteiger partial charge in [0, 0.05) is 12.6 Å². The van der Waals surface area contributed by atoms with Crippen LogP contribution < -0.4 is 11.1 Å². The van der Waals surface area contributed by atoms with Gasteiger partial charge < -0.3 is 16.2 Å². The Morgan fingerprint density at radius 3 is 2.52 bits per heavy atom. The summed E-state index contributed by atoms with van der Waals surface area (Å²) in [6.07, 6.45) is 5.32. The van der Waals surface area contributed by atoms with Gasteiger partial charge >= 0.3 is 5.97 Å². The first kappa shape index (κ1) is 16.7. The van der Waals surface area contributed by atoms with Crippen LogP contribution in [0, 0.1) is 12.3 Å². The number of rotatable bonds is 8. The number of nitrogens with zero attached hydrogens (tertiary/aromatic N) is 1. The molecule has 6 nitrogen and oxygen atoms in total. The molecule has 21 heavy (non-hydrogen) atoms. The smallest absolute Gasteiger partial charge is 0.335 e. The number of carbonyl (C=O) groups excluding carboxylic acids is 1. The minimum Gasteiger partial charge on any atom is -0.478 e. The molecule has 0 saturated heterocycles. The third-order valence-electron chi connectivity index (χ3n) is 3.05. The second-order valence-corrected chi connectivity index (χ2v) is 4.66. The first-order chi connectivity index (χ1) is 9.95. The molecule has 0 aromatic heterocycles. The van der Waals surface area contributed by atoms with E-state index in [0.717, 1.165) is 5.56 Å². The summed E-state index contributed by atoms with van der Waals surface area (Å²) in [6.45, 7) is 0.991. The zero-order valence-electron chi connectivity index (χ0n) is 11.9. The van der Waals surface area contributed by atoms with Crippen LogP contribution in [0.2, 0.25) is 0 Å². The van der Waals surface area contributed by atoms with E-state index in [1.165, 1.54) is 0 Å². The third kappa shape index (κ3) is 5.26. The Morgan fingerprint density at radius 1 is 1.43 bits per heavy atom. The van der Waals surface area contributed by atoms with E-state index < -0.39 is 11.9 Å². The lowest BCUT2D eigenvalue weighted by Gasteiger charge is -2.27. The van der Waals surface area contributed by atoms with Crippen molar-refractivity contribution in [1.82, 2.24) is 10.2 Å². The van der Waals surface area contributed by atoms with Gasteiger partial charge in [-0.25, -0.2) is 4.79 Å². The van der Waals surface area contributed by atoms with Gasteiger partial charge in [-0.05, 0) is 24.7 Å². The number of likely N-dealkylation sites (N-methyl/N-ethyl adjacent to an activating group) is 1. The zero-order valence-corrected chi connectivity index (χ0v) is 11.9. The molecule has 0 spiro atoms. The number of aromatic carboxylic acids is 1. The van der Waals surface area contributed by atoms with E-state index in [0.29, 0.717) is 13.1 Å². The molecular formula is C15H19N3O3. The van der Waals surface area contributed by atoms with E-state index >= 15 is 0 Å². The topological polar surface area (TPSA) is 95.7 Å². The summed E-state index contributed by atoms with van der Waals surface area (Å²) >= 11 is 0. The Labute approximate surface area is 123 Å². The van der Waals surface area contributed by atoms with Crippen molar-refractivity contribution >= 4 is 11.9 Å². The number of hydrogen-bond donors (Lipinski definition) is 3. The van der Waals surface area contributed by atoms with E-state index in [4.69, 9.17) is 17.3 Å². The van der Waals surface area contributed by atoms with E-state index in [1.54, 1.807) is 24.3 Å². The van der Waals surface area contributed by atoms with Crippen molar-refractivity contribution in [2.45, 2.75) is 6.04 Å². The fraction of sp³-hybridized carbons (Fsp3) is 0.333. The van der Waals surface area contributed by atoms with Crippen LogP contribution in [0.1, 0.15) is 22.0 Å². The molecule has 0 fully saturated rings. The van der Waals surface area contributed by atoms with Gasteiger partial charge in [0.1, 0.15) is 0 Å². The van der Waals surface area contributed by atoms with Gasteiger partial charge in [0.15, 0.2) is 0 Å². The highest BCUT2D eigenvalue weighted by molar-refractivity contribution is 5.87. The van der Waals surface area contributed by atoms with Crippen molar-refractivity contribution in [3.8, 4) is 12.3 Å². The minimum atomic E-state index is -0.970. The normalized spacial score (nSPS) is 11.9. The van der Waals surface area contributed by atoms with Crippen molar-refractivity contribution in [3.63, 3.8) is 0 Å². The van der Waals surface area contributed by atoms with Crippen molar-refractivity contribution < 1.29 is 14.7 Å². The van der Waals surface area contributed by atoms with Crippen molar-refractivity contribution in [1.29, 1.82) is 0 Å². The maximum atomic E-state index is 10.9. The molecule has 6 heteroatoms. The van der Waals surface area contributed by atoms with Crippen molar-refractivity contribution in [2.75, 3.05) is 26.7 Å². The van der Waals surface area contributed by atoms with Gasteiger partial charge in [0.25, 0.3) is 0 Å². The van der Waals surface area contributed by atoms with Crippen LogP contribution in [0.15, 0.2) is 24.3 Å². The van der Waals surface area contributed by atoms with Gasteiger partial charge in [-0.1, -0.05) is 18.1 Å². The van der Waals surface area contributed by atoms with Gasteiger partial charge in [-0.2, -0.15) is 0 Å². The van der Waals surface area contributed by atoms with E-state index in [2.05, 4.69) is 11.2 Å². The summed E-state index contributed by atoms with van der Waals surface area (Å²) in [6, 6.07) is 6.49. The Bertz CT molecular complexity index is 534. The van der Waals surface area contributed by atoms with Crippen LogP contribution in [-0.4, -0.2) is 48.6 Å². The van der Waals surface area contributed by atoms with Crippen LogP contribution in [0.5, 0.6) is 0 Å². The number of carboxylic acid groups (broad SMARTS) is 1. The molecule has 4 N–H and O–H groups in total. The second kappa shape index (κ2) is 8.04. The summed E-state index contributed by atoms with van der Waals surface area (Å²) in [5.41, 5.74) is 6.23. The SMILES string of the molecule is C#CCN(C)C(CNCC(N)=O)c1ccc(C(=O)O)cc1. The molecule has 0 aliphatic rings. The highest BCUT2D eigenvalue weighted by Gasteiger charge is 2.17. The summed E-state index contributed by atoms with van der Waals surface area (Å²) in [5, 5.41) is 11.9. The van der Waals surface area contributed by atoms with Crippen LogP contribution in [0.3, 0.4) is 0 Å². The Balaban J connectivity index is 2.86. The molecule has 1 unspecified atom stereocenters. The zero-order chi connectivity index (χ0) is 15.8. The number of carbonyl (C=O) groups is 2. The lowest BCUT2D eigenvalue weighted by atomic mass is 10.0. The molecule has 0 radical (unpaired) electrons. The number of nitrogens with two attached hydrogens (primary N) is 1. The number of nitrogens with one attached hydrogen (secondary N) is 1. The molecule has 1 aromatic rings. The summed E-state index contributed by atoms with van der Waals surface area (Å²) < 4.78 is 0. The average Bonchev–Trinajstić information content (AvgIpc) is 2.43. The van der Waals surface area contributed by atoms with E-state index in [9.17, 15) is 9.59 Å². The minimum absolute atomic E-state index is 0.0770. The Kier molecular flexibility index (Phi) is 6.40. The summed E-state index contributed by atoms with van der Waals surface area (Å²) in [7, 11) is 1.86. The molecular weight excluding hydrogens is 270 g/mol. The maximum Gasteiger partial charge on any atom is 0.335 e. The molecule has 0 saturated carbocycles. The summed E-state index contributed by atoms with van der Waals surface area (Å²) in [5.74, 6) is 1.15. The predicted molar refractivity (Wildman–Crippen MR) is 79.7 cm³/mol. The van der Waals surface area contributed by atoms with Crippen molar-refractivity contribution in [3.05, 3.63) is 35.4 Å². The Hall–Kier alpha value is -2.36. The molecule has 1 rings (SSSR count). The van der Waals surface area contributed by atoms with Gasteiger partial charge in [-0.3, -0.25) is 9.69 Å². The van der Waals surface area contributed by atoms with Crippen LogP contribution in [0.25, 0.3) is 0 Å². The largest absolute Gasteiger partial charge is 0.478 e. The first-order valence-corrected chi connectivity index (χ1v) is 6.41. The molecule has 1 amide bonds. The van der Waals surface area contributed by atoms with E-state index in [1.807, 2.05) is 11.9 Å². The maximum absolute atomic E-state index is 10.9. The second-order valence-electron chi connectivity index (χ2n) is 4.66. The molecule has 1 atom stereocenters. The highest BCUT2D eigenvalue weighted by Crippen LogP contribution is 2.19. The number of amides is 1. The molecule has 0 bridgehead atoms. The van der Waals surface area contributed by atoms with Crippen molar-refractivity contribution in [2.24, 2.45) is 5.73 Å². The standard InChI is InChI=1S/C15H19N3O3/c1-3-8-18(2)13(9-17-10-14(16)19)11-4-6-12(7-5-11)15(20)21/h1,4-7,13,17H,8-10H2,2H3,(H2,16,19)(H,20,21). The van der Waals surface area contributed by atoms with Gasteiger partial charge in [0.05, 0.1) is 18.7 Å². The molecule has 0 heterocycles. The molecule has 1 aromatic carbocycles. The van der Waals surface area contributed by atoms with Crippen LogP contribution >= 0.6 is 0 Å². The van der Waals surface area contributed by atoms with Crippen LogP contribution in [0.4, 0.5) is 0 Å². The Morgan fingerprint density at radius 2 is 2.05 bits per heavy atom. The van der Waals surface area contributed by atoms with E-state index in [-0.39, 0.29) is 18.2 Å². The number of benzene rings is 1. The fourth-order valence-electron chi connectivity index (χ4n) is 1.96. The number of terminal acetylenes is 1. The number of primary amides is 1. The predicted octanol–water partition coefficient (Wildman–Crippen LogP) is 0.0658. The molecule has 112 valence electrons. The fourth-order valence-corrected chi connectivity index (χ4v) is 1.96. The lowest BCUT2D eigenvalue weighted by molar-refractivity contribution is -0.117. The average molecular weight is 289 g/mol. The highest BCUT2D eigenvalue weighted by atomic mass is 16.4. The molecule has 0 aliphatic carbocycles. The monoisotopic (exact) mass is 289 g/mol. The molecule has 0 aliphatic heterocycles. The van der Waals surface area contributed by atoms with Crippen LogP contribution in [-0.2, 0) is 4.79 Å². The number of carboxylic acids is 1. The van der Waals surface area contributed by atoms with Gasteiger partial charge in [0.2, 0.25) is 5.91 Å². The third-order valence-corrected chi connectivity index (χ3v) is 3.05. The number of hydrogen-bond acceptors (Lipinski definition) is 4. The lowest BCUT2D eigenvalue weighted by Crippen LogP contribution is -2.37.